The summed E-state index contributed by atoms with van der Waals surface area (Å²) in [5.74, 6) is 0. The lowest BCUT2D eigenvalue weighted by Gasteiger charge is -2.30. The highest BCUT2D eigenvalue weighted by Gasteiger charge is 2.35. The Balaban J connectivity index is 1.74. The minimum Gasteiger partial charge on any atom is -0.329 e. The fourth-order valence-corrected chi connectivity index (χ4v) is 3.49. The Morgan fingerprint density at radius 1 is 1.21 bits per heavy atom. The average molecular weight is 324 g/mol. The number of rotatable bonds is 2. The van der Waals surface area contributed by atoms with Gasteiger partial charge < -0.3 is 15.5 Å². The van der Waals surface area contributed by atoms with Gasteiger partial charge in [-0.15, -0.1) is 0 Å². The van der Waals surface area contributed by atoms with Crippen LogP contribution in [-0.2, 0) is 0 Å². The highest BCUT2D eigenvalue weighted by atomic mass is 79.9. The lowest BCUT2D eigenvalue weighted by Crippen LogP contribution is -2.44. The van der Waals surface area contributed by atoms with Crippen LogP contribution in [0.3, 0.4) is 0 Å². The molecule has 0 bridgehead atoms. The number of benzene rings is 1. The molecule has 2 heterocycles. The second-order valence-electron chi connectivity index (χ2n) is 5.16. The third-order valence-electron chi connectivity index (χ3n) is 3.97. The van der Waals surface area contributed by atoms with Crippen LogP contribution in [0.1, 0.15) is 24.4 Å². The molecule has 2 amide bonds. The summed E-state index contributed by atoms with van der Waals surface area (Å²) in [6, 6.07) is 8.66. The predicted octanol–water partition coefficient (Wildman–Crippen LogP) is 2.27. The number of carbonyl (C=O) groups is 1. The van der Waals surface area contributed by atoms with Gasteiger partial charge in [0.2, 0.25) is 0 Å². The van der Waals surface area contributed by atoms with Crippen LogP contribution in [0.4, 0.5) is 4.79 Å². The Morgan fingerprint density at radius 2 is 1.95 bits per heavy atom. The van der Waals surface area contributed by atoms with Crippen LogP contribution in [0.25, 0.3) is 0 Å². The Hall–Kier alpha value is -1.07. The van der Waals surface area contributed by atoms with Crippen molar-refractivity contribution in [1.82, 2.24) is 15.5 Å². The Morgan fingerprint density at radius 3 is 2.68 bits per heavy atom. The van der Waals surface area contributed by atoms with Crippen molar-refractivity contribution in [2.24, 2.45) is 0 Å². The number of nitrogens with one attached hydrogen (secondary N) is 2. The first-order valence-electron chi connectivity index (χ1n) is 6.78. The number of hydrogen-bond acceptors (Lipinski definition) is 2. The van der Waals surface area contributed by atoms with Crippen molar-refractivity contribution in [3.8, 4) is 0 Å². The first-order valence-corrected chi connectivity index (χ1v) is 7.57. The summed E-state index contributed by atoms with van der Waals surface area (Å²) in [6.07, 6.45) is 2.10. The molecule has 2 N–H and O–H groups in total. The molecule has 0 aliphatic carbocycles. The summed E-state index contributed by atoms with van der Waals surface area (Å²) in [5.41, 5.74) is 1.16. The van der Waals surface area contributed by atoms with Crippen molar-refractivity contribution in [1.29, 1.82) is 0 Å². The molecular weight excluding hydrogens is 306 g/mol. The number of halogens is 1. The third kappa shape index (κ3) is 2.62. The van der Waals surface area contributed by atoms with Crippen LogP contribution < -0.4 is 10.6 Å². The molecule has 0 saturated carbocycles. The van der Waals surface area contributed by atoms with E-state index in [4.69, 9.17) is 0 Å². The van der Waals surface area contributed by atoms with E-state index in [1.165, 1.54) is 0 Å². The van der Waals surface area contributed by atoms with Crippen molar-refractivity contribution in [3.05, 3.63) is 34.3 Å². The minimum atomic E-state index is 0.0765. The third-order valence-corrected chi connectivity index (χ3v) is 4.69. The summed E-state index contributed by atoms with van der Waals surface area (Å²) in [6.45, 7) is 2.79. The standard InChI is InChI=1S/C14H18BrN3O/c15-12-4-2-1-3-11(12)13-9-18(14(19)17-13)10-5-7-16-8-6-10/h1-4,10,13,16H,5-9H2,(H,17,19). The Kier molecular flexibility index (Phi) is 3.75. The molecule has 0 aromatic heterocycles. The van der Waals surface area contributed by atoms with Gasteiger partial charge in [-0.1, -0.05) is 34.1 Å². The van der Waals surface area contributed by atoms with E-state index in [0.717, 1.165) is 42.5 Å². The molecule has 5 heteroatoms. The summed E-state index contributed by atoms with van der Waals surface area (Å²) in [7, 11) is 0. The number of nitrogens with zero attached hydrogens (tertiary/aromatic N) is 1. The Bertz CT molecular complexity index is 474. The SMILES string of the molecule is O=C1NC(c2ccccc2Br)CN1C1CCNCC1. The quantitative estimate of drug-likeness (QED) is 0.876. The maximum Gasteiger partial charge on any atom is 0.318 e. The van der Waals surface area contributed by atoms with Gasteiger partial charge in [0.1, 0.15) is 0 Å². The van der Waals surface area contributed by atoms with E-state index in [1.54, 1.807) is 0 Å². The topological polar surface area (TPSA) is 44.4 Å². The molecule has 1 aromatic rings. The molecule has 0 radical (unpaired) electrons. The molecule has 2 fully saturated rings. The van der Waals surface area contributed by atoms with E-state index < -0.39 is 0 Å². The first-order chi connectivity index (χ1) is 9.25. The molecule has 1 unspecified atom stereocenters. The van der Waals surface area contributed by atoms with Gasteiger partial charge in [0.25, 0.3) is 0 Å². The highest BCUT2D eigenvalue weighted by Crippen LogP contribution is 2.29. The Labute approximate surface area is 121 Å². The maximum absolute atomic E-state index is 12.1. The van der Waals surface area contributed by atoms with E-state index in [2.05, 4.69) is 32.6 Å². The van der Waals surface area contributed by atoms with Crippen LogP contribution >= 0.6 is 15.9 Å². The maximum atomic E-state index is 12.1. The van der Waals surface area contributed by atoms with Crippen molar-refractivity contribution < 1.29 is 4.79 Å². The molecule has 2 aliphatic rings. The molecule has 1 aromatic carbocycles. The number of hydrogen-bond donors (Lipinski definition) is 2. The normalized spacial score (nSPS) is 24.6. The van der Waals surface area contributed by atoms with Crippen molar-refractivity contribution >= 4 is 22.0 Å². The predicted molar refractivity (Wildman–Crippen MR) is 78.0 cm³/mol. The van der Waals surface area contributed by atoms with Crippen LogP contribution in [0.15, 0.2) is 28.7 Å². The monoisotopic (exact) mass is 323 g/mol. The molecule has 4 nitrogen and oxygen atoms in total. The van der Waals surface area contributed by atoms with Crippen LogP contribution in [0, 0.1) is 0 Å². The number of urea groups is 1. The van der Waals surface area contributed by atoms with Gasteiger partial charge >= 0.3 is 6.03 Å². The molecule has 3 rings (SSSR count). The second kappa shape index (κ2) is 5.51. The molecule has 19 heavy (non-hydrogen) atoms. The molecule has 1 atom stereocenters. The van der Waals surface area contributed by atoms with Gasteiger partial charge in [0, 0.05) is 17.1 Å². The van der Waals surface area contributed by atoms with E-state index >= 15 is 0 Å². The zero-order valence-electron chi connectivity index (χ0n) is 10.7. The van der Waals surface area contributed by atoms with Gasteiger partial charge in [-0.05, 0) is 37.6 Å². The van der Waals surface area contributed by atoms with E-state index in [9.17, 15) is 4.79 Å². The second-order valence-corrected chi connectivity index (χ2v) is 6.01. The van der Waals surface area contributed by atoms with E-state index in [0.29, 0.717) is 6.04 Å². The summed E-state index contributed by atoms with van der Waals surface area (Å²) < 4.78 is 1.06. The van der Waals surface area contributed by atoms with Gasteiger partial charge in [-0.2, -0.15) is 0 Å². The van der Waals surface area contributed by atoms with Crippen molar-refractivity contribution in [2.45, 2.75) is 24.9 Å². The average Bonchev–Trinajstić information content (AvgIpc) is 2.82. The fourth-order valence-electron chi connectivity index (χ4n) is 2.92. The van der Waals surface area contributed by atoms with Crippen LogP contribution in [-0.4, -0.2) is 36.6 Å². The van der Waals surface area contributed by atoms with Gasteiger partial charge in [-0.25, -0.2) is 4.79 Å². The smallest absolute Gasteiger partial charge is 0.318 e. The first kappa shape index (κ1) is 12.9. The summed E-state index contributed by atoms with van der Waals surface area (Å²) in [5, 5.41) is 6.43. The van der Waals surface area contributed by atoms with Gasteiger partial charge in [-0.3, -0.25) is 0 Å². The lowest BCUT2D eigenvalue weighted by molar-refractivity contribution is 0.182. The molecule has 2 saturated heterocycles. The van der Waals surface area contributed by atoms with Crippen LogP contribution in [0.2, 0.25) is 0 Å². The summed E-state index contributed by atoms with van der Waals surface area (Å²) >= 11 is 3.56. The highest BCUT2D eigenvalue weighted by molar-refractivity contribution is 9.10. The van der Waals surface area contributed by atoms with Crippen LogP contribution in [0.5, 0.6) is 0 Å². The number of carbonyl (C=O) groups excluding carboxylic acids is 1. The molecule has 102 valence electrons. The van der Waals surface area contributed by atoms with Crippen molar-refractivity contribution in [3.63, 3.8) is 0 Å². The van der Waals surface area contributed by atoms with Gasteiger partial charge in [0.15, 0.2) is 0 Å². The lowest BCUT2D eigenvalue weighted by atomic mass is 10.0. The van der Waals surface area contributed by atoms with E-state index in [1.807, 2.05) is 23.1 Å². The molecule has 2 aliphatic heterocycles. The molecule has 0 spiro atoms. The zero-order valence-corrected chi connectivity index (χ0v) is 12.3. The van der Waals surface area contributed by atoms with Crippen molar-refractivity contribution in [2.75, 3.05) is 19.6 Å². The fraction of sp³-hybridized carbons (Fsp3) is 0.500. The number of amides is 2. The summed E-state index contributed by atoms with van der Waals surface area (Å²) in [4.78, 5) is 14.2. The van der Waals surface area contributed by atoms with Gasteiger partial charge in [0.05, 0.1) is 6.04 Å². The largest absolute Gasteiger partial charge is 0.329 e. The number of piperidine rings is 1. The van der Waals surface area contributed by atoms with E-state index in [-0.39, 0.29) is 12.1 Å². The zero-order chi connectivity index (χ0) is 13.2. The molecular formula is C14H18BrN3O. The minimum absolute atomic E-state index is 0.0765.